The van der Waals surface area contributed by atoms with Crippen molar-refractivity contribution in [3.8, 4) is 11.1 Å². The first-order chi connectivity index (χ1) is 6.77. The van der Waals surface area contributed by atoms with Gasteiger partial charge in [-0.15, -0.1) is 0 Å². The molecule has 1 heteroatoms. The van der Waals surface area contributed by atoms with Crippen molar-refractivity contribution in [2.24, 2.45) is 0 Å². The van der Waals surface area contributed by atoms with Crippen LogP contribution in [0.2, 0.25) is 0 Å². The minimum absolute atomic E-state index is 0.192. The van der Waals surface area contributed by atoms with E-state index in [4.69, 9.17) is 0 Å². The molecule has 14 heavy (non-hydrogen) atoms. The van der Waals surface area contributed by atoms with Gasteiger partial charge in [0.05, 0.1) is 0 Å². The van der Waals surface area contributed by atoms with Gasteiger partial charge in [-0.3, -0.25) is 0 Å². The summed E-state index contributed by atoms with van der Waals surface area (Å²) in [5.41, 5.74) is 3.43. The lowest BCUT2D eigenvalue weighted by Gasteiger charge is -2.04. The molecule has 0 radical (unpaired) electrons. The zero-order valence-electron chi connectivity index (χ0n) is 8.00. The van der Waals surface area contributed by atoms with Crippen LogP contribution in [0.5, 0.6) is 0 Å². The quantitative estimate of drug-likeness (QED) is 0.635. The molecule has 0 fully saturated rings. The Morgan fingerprint density at radius 2 is 1.50 bits per heavy atom. The van der Waals surface area contributed by atoms with Crippen molar-refractivity contribution in [1.82, 2.24) is 0 Å². The molecular formula is C13H11F. The van der Waals surface area contributed by atoms with E-state index in [2.05, 4.69) is 13.0 Å². The molecular weight excluding hydrogens is 175 g/mol. The molecule has 0 aliphatic rings. The number of hydrogen-bond donors (Lipinski definition) is 0. The number of rotatable bonds is 1. The van der Waals surface area contributed by atoms with Gasteiger partial charge in [-0.05, 0) is 35.7 Å². The maximum Gasteiger partial charge on any atom is 0.123 e. The summed E-state index contributed by atoms with van der Waals surface area (Å²) in [7, 11) is 0. The number of halogens is 1. The summed E-state index contributed by atoms with van der Waals surface area (Å²) in [6, 6.07) is 14.7. The Bertz CT molecular complexity index is 429. The first-order valence-corrected chi connectivity index (χ1v) is 4.59. The van der Waals surface area contributed by atoms with E-state index in [1.165, 1.54) is 17.7 Å². The minimum atomic E-state index is -0.192. The maximum absolute atomic E-state index is 12.7. The predicted octanol–water partition coefficient (Wildman–Crippen LogP) is 3.80. The molecule has 0 bridgehead atoms. The molecule has 0 spiro atoms. The van der Waals surface area contributed by atoms with Gasteiger partial charge in [0.25, 0.3) is 0 Å². The molecule has 0 aromatic heterocycles. The molecule has 0 atom stereocenters. The summed E-state index contributed by atoms with van der Waals surface area (Å²) >= 11 is 0. The van der Waals surface area contributed by atoms with E-state index in [1.54, 1.807) is 12.1 Å². The molecule has 0 aliphatic heterocycles. The van der Waals surface area contributed by atoms with Crippen LogP contribution in [0, 0.1) is 12.7 Å². The number of aryl methyl sites for hydroxylation is 1. The van der Waals surface area contributed by atoms with Crippen LogP contribution in [-0.4, -0.2) is 0 Å². The van der Waals surface area contributed by atoms with Crippen molar-refractivity contribution < 1.29 is 4.39 Å². The average molecular weight is 186 g/mol. The van der Waals surface area contributed by atoms with Crippen molar-refractivity contribution in [3.63, 3.8) is 0 Å². The first-order valence-electron chi connectivity index (χ1n) is 4.59. The van der Waals surface area contributed by atoms with Gasteiger partial charge >= 0.3 is 0 Å². The molecule has 0 saturated carbocycles. The van der Waals surface area contributed by atoms with Crippen LogP contribution in [0.1, 0.15) is 5.56 Å². The maximum atomic E-state index is 12.7. The molecule has 0 unspecified atom stereocenters. The molecule has 0 saturated heterocycles. The summed E-state index contributed by atoms with van der Waals surface area (Å²) < 4.78 is 12.7. The normalized spacial score (nSPS) is 10.1. The lowest BCUT2D eigenvalue weighted by atomic mass is 10.0. The fraction of sp³-hybridized carbons (Fsp3) is 0.0769. The minimum Gasteiger partial charge on any atom is -0.207 e. The van der Waals surface area contributed by atoms with Crippen LogP contribution < -0.4 is 0 Å². The molecule has 0 aliphatic carbocycles. The molecule has 0 N–H and O–H groups in total. The Labute approximate surface area is 83.0 Å². The average Bonchev–Trinajstić information content (AvgIpc) is 2.20. The van der Waals surface area contributed by atoms with Crippen molar-refractivity contribution in [2.45, 2.75) is 6.92 Å². The zero-order chi connectivity index (χ0) is 9.97. The van der Waals surface area contributed by atoms with Crippen LogP contribution in [0.25, 0.3) is 11.1 Å². The van der Waals surface area contributed by atoms with Crippen LogP contribution in [0.15, 0.2) is 48.5 Å². The summed E-state index contributed by atoms with van der Waals surface area (Å²) in [4.78, 5) is 0. The molecule has 0 amide bonds. The smallest absolute Gasteiger partial charge is 0.123 e. The standard InChI is InChI=1S/C13H11F/c1-10-4-2-3-5-13(10)11-6-8-12(14)9-7-11/h2-9H,1H3. The second kappa shape index (κ2) is 3.62. The van der Waals surface area contributed by atoms with Crippen LogP contribution in [0.4, 0.5) is 4.39 Å². The van der Waals surface area contributed by atoms with E-state index in [9.17, 15) is 4.39 Å². The highest BCUT2D eigenvalue weighted by Gasteiger charge is 1.99. The summed E-state index contributed by atoms with van der Waals surface area (Å²) in [5.74, 6) is -0.192. The monoisotopic (exact) mass is 186 g/mol. The van der Waals surface area contributed by atoms with Gasteiger partial charge in [0.15, 0.2) is 0 Å². The topological polar surface area (TPSA) is 0 Å². The molecule has 2 rings (SSSR count). The SMILES string of the molecule is Cc1ccccc1-c1ccc(F)cc1. The van der Waals surface area contributed by atoms with Crippen LogP contribution >= 0.6 is 0 Å². The fourth-order valence-electron chi connectivity index (χ4n) is 1.53. The van der Waals surface area contributed by atoms with Gasteiger partial charge in [-0.2, -0.15) is 0 Å². The van der Waals surface area contributed by atoms with E-state index in [1.807, 2.05) is 18.2 Å². The summed E-state index contributed by atoms with van der Waals surface area (Å²) in [6.07, 6.45) is 0. The van der Waals surface area contributed by atoms with E-state index >= 15 is 0 Å². The molecule has 0 nitrogen and oxygen atoms in total. The Balaban J connectivity index is 2.50. The third-order valence-electron chi connectivity index (χ3n) is 2.30. The molecule has 70 valence electrons. The van der Waals surface area contributed by atoms with Gasteiger partial charge < -0.3 is 0 Å². The Morgan fingerprint density at radius 3 is 2.14 bits per heavy atom. The Morgan fingerprint density at radius 1 is 0.857 bits per heavy atom. The van der Waals surface area contributed by atoms with E-state index in [0.717, 1.165) is 11.1 Å². The van der Waals surface area contributed by atoms with Crippen LogP contribution in [-0.2, 0) is 0 Å². The largest absolute Gasteiger partial charge is 0.207 e. The molecule has 2 aromatic carbocycles. The highest BCUT2D eigenvalue weighted by Crippen LogP contribution is 2.22. The van der Waals surface area contributed by atoms with Crippen molar-refractivity contribution >= 4 is 0 Å². The van der Waals surface area contributed by atoms with E-state index in [-0.39, 0.29) is 5.82 Å². The third kappa shape index (κ3) is 1.67. The third-order valence-corrected chi connectivity index (χ3v) is 2.30. The van der Waals surface area contributed by atoms with Crippen LogP contribution in [0.3, 0.4) is 0 Å². The number of hydrogen-bond acceptors (Lipinski definition) is 0. The lowest BCUT2D eigenvalue weighted by molar-refractivity contribution is 0.628. The summed E-state index contributed by atoms with van der Waals surface area (Å²) in [6.45, 7) is 2.05. The lowest BCUT2D eigenvalue weighted by Crippen LogP contribution is -1.82. The fourth-order valence-corrected chi connectivity index (χ4v) is 1.53. The molecule has 2 aromatic rings. The number of benzene rings is 2. The van der Waals surface area contributed by atoms with Gasteiger partial charge in [0, 0.05) is 0 Å². The summed E-state index contributed by atoms with van der Waals surface area (Å²) in [5, 5.41) is 0. The van der Waals surface area contributed by atoms with Gasteiger partial charge in [-0.1, -0.05) is 36.4 Å². The van der Waals surface area contributed by atoms with Crippen molar-refractivity contribution in [1.29, 1.82) is 0 Å². The van der Waals surface area contributed by atoms with Crippen molar-refractivity contribution in [3.05, 3.63) is 59.9 Å². The Hall–Kier alpha value is -1.63. The first kappa shape index (κ1) is 8.95. The van der Waals surface area contributed by atoms with E-state index < -0.39 is 0 Å². The highest BCUT2D eigenvalue weighted by atomic mass is 19.1. The van der Waals surface area contributed by atoms with Crippen molar-refractivity contribution in [2.75, 3.05) is 0 Å². The second-order valence-electron chi connectivity index (χ2n) is 3.32. The molecule has 0 heterocycles. The highest BCUT2D eigenvalue weighted by molar-refractivity contribution is 5.66. The second-order valence-corrected chi connectivity index (χ2v) is 3.32. The van der Waals surface area contributed by atoms with Gasteiger partial charge in [0.1, 0.15) is 5.82 Å². The van der Waals surface area contributed by atoms with Gasteiger partial charge in [-0.25, -0.2) is 4.39 Å². The predicted molar refractivity (Wildman–Crippen MR) is 56.6 cm³/mol. The van der Waals surface area contributed by atoms with Gasteiger partial charge in [0.2, 0.25) is 0 Å². The Kier molecular flexibility index (Phi) is 2.32. The van der Waals surface area contributed by atoms with E-state index in [0.29, 0.717) is 0 Å². The zero-order valence-corrected chi connectivity index (χ0v) is 8.00.